The van der Waals surface area contributed by atoms with Crippen LogP contribution in [0, 0.1) is 0 Å². The molecule has 8 heteroatoms. The topological polar surface area (TPSA) is 97.0 Å². The summed E-state index contributed by atoms with van der Waals surface area (Å²) in [4.78, 5) is 37.4. The number of benzene rings is 1. The Morgan fingerprint density at radius 3 is 2.88 bits per heavy atom. The maximum Gasteiger partial charge on any atom is 0.307 e. The van der Waals surface area contributed by atoms with Crippen LogP contribution in [-0.4, -0.2) is 62.6 Å². The zero-order valence-electron chi connectivity index (χ0n) is 13.7. The SMILES string of the molecule is COC(=O)C[C@H]1C(=O)NCCN1CC(=O)Nc1cccc(OC)c1. The third-order valence-electron chi connectivity index (χ3n) is 3.73. The minimum absolute atomic E-state index is 0.00624. The molecular formula is C16H21N3O5. The van der Waals surface area contributed by atoms with Crippen molar-refractivity contribution in [1.82, 2.24) is 10.2 Å². The number of carbonyl (C=O) groups is 3. The molecule has 1 aromatic rings. The van der Waals surface area contributed by atoms with Crippen molar-refractivity contribution in [3.8, 4) is 5.75 Å². The molecule has 1 atom stereocenters. The Morgan fingerprint density at radius 2 is 2.17 bits per heavy atom. The number of carbonyl (C=O) groups excluding carboxylic acids is 3. The van der Waals surface area contributed by atoms with Crippen LogP contribution in [0.2, 0.25) is 0 Å². The minimum atomic E-state index is -0.706. The normalized spacial score (nSPS) is 17.8. The molecule has 1 aromatic carbocycles. The molecule has 1 saturated heterocycles. The van der Waals surface area contributed by atoms with Crippen LogP contribution < -0.4 is 15.4 Å². The highest BCUT2D eigenvalue weighted by atomic mass is 16.5. The molecule has 1 aliphatic heterocycles. The van der Waals surface area contributed by atoms with Gasteiger partial charge >= 0.3 is 5.97 Å². The van der Waals surface area contributed by atoms with Gasteiger partial charge in [-0.05, 0) is 12.1 Å². The number of esters is 1. The van der Waals surface area contributed by atoms with E-state index >= 15 is 0 Å². The molecule has 0 radical (unpaired) electrons. The van der Waals surface area contributed by atoms with Gasteiger partial charge in [-0.3, -0.25) is 19.3 Å². The third kappa shape index (κ3) is 4.69. The van der Waals surface area contributed by atoms with Crippen LogP contribution in [0.25, 0.3) is 0 Å². The Hall–Kier alpha value is -2.61. The first-order valence-electron chi connectivity index (χ1n) is 7.56. The molecule has 1 heterocycles. The van der Waals surface area contributed by atoms with Crippen LogP contribution in [0.1, 0.15) is 6.42 Å². The van der Waals surface area contributed by atoms with Crippen molar-refractivity contribution in [1.29, 1.82) is 0 Å². The predicted molar refractivity (Wildman–Crippen MR) is 86.6 cm³/mol. The molecule has 0 saturated carbocycles. The quantitative estimate of drug-likeness (QED) is 0.710. The van der Waals surface area contributed by atoms with Gasteiger partial charge in [-0.15, -0.1) is 0 Å². The Bertz CT molecular complexity index is 619. The van der Waals surface area contributed by atoms with Gasteiger partial charge in [0.2, 0.25) is 11.8 Å². The summed E-state index contributed by atoms with van der Waals surface area (Å²) in [6.45, 7) is 0.925. The van der Waals surface area contributed by atoms with Crippen molar-refractivity contribution in [3.63, 3.8) is 0 Å². The average molecular weight is 335 g/mol. The van der Waals surface area contributed by atoms with E-state index in [2.05, 4.69) is 15.4 Å². The molecule has 0 aromatic heterocycles. The van der Waals surface area contributed by atoms with E-state index < -0.39 is 12.0 Å². The fraction of sp³-hybridized carbons (Fsp3) is 0.438. The Balaban J connectivity index is 1.99. The van der Waals surface area contributed by atoms with Crippen LogP contribution in [0.15, 0.2) is 24.3 Å². The number of rotatable bonds is 6. The molecule has 8 nitrogen and oxygen atoms in total. The summed E-state index contributed by atoms with van der Waals surface area (Å²) in [5, 5.41) is 5.45. The van der Waals surface area contributed by atoms with E-state index in [4.69, 9.17) is 4.74 Å². The molecule has 0 aliphatic carbocycles. The summed E-state index contributed by atoms with van der Waals surface area (Å²) in [5.74, 6) is -0.405. The van der Waals surface area contributed by atoms with Crippen molar-refractivity contribution < 1.29 is 23.9 Å². The summed E-state index contributed by atoms with van der Waals surface area (Å²) in [6, 6.07) is 6.28. The second-order valence-corrected chi connectivity index (χ2v) is 5.34. The number of nitrogens with one attached hydrogen (secondary N) is 2. The molecular weight excluding hydrogens is 314 g/mol. The minimum Gasteiger partial charge on any atom is -0.497 e. The number of nitrogens with zero attached hydrogens (tertiary/aromatic N) is 1. The van der Waals surface area contributed by atoms with Gasteiger partial charge in [0.1, 0.15) is 11.8 Å². The number of hydrogen-bond acceptors (Lipinski definition) is 6. The van der Waals surface area contributed by atoms with Gasteiger partial charge in [-0.1, -0.05) is 6.07 Å². The Labute approximate surface area is 140 Å². The average Bonchev–Trinajstić information content (AvgIpc) is 2.57. The maximum atomic E-state index is 12.2. The first-order valence-corrected chi connectivity index (χ1v) is 7.56. The summed E-state index contributed by atoms with van der Waals surface area (Å²) < 4.78 is 9.72. The lowest BCUT2D eigenvalue weighted by Gasteiger charge is -2.33. The molecule has 0 bridgehead atoms. The van der Waals surface area contributed by atoms with E-state index in [0.29, 0.717) is 24.5 Å². The van der Waals surface area contributed by atoms with Crippen LogP contribution >= 0.6 is 0 Å². The first kappa shape index (κ1) is 17.7. The zero-order valence-corrected chi connectivity index (χ0v) is 13.7. The van der Waals surface area contributed by atoms with Crippen LogP contribution in [0.4, 0.5) is 5.69 Å². The highest BCUT2D eigenvalue weighted by Gasteiger charge is 2.33. The second-order valence-electron chi connectivity index (χ2n) is 5.34. The molecule has 0 unspecified atom stereocenters. The van der Waals surface area contributed by atoms with E-state index in [1.54, 1.807) is 36.3 Å². The van der Waals surface area contributed by atoms with Crippen LogP contribution in [-0.2, 0) is 19.1 Å². The molecule has 130 valence electrons. The van der Waals surface area contributed by atoms with Crippen molar-refractivity contribution in [2.24, 2.45) is 0 Å². The zero-order chi connectivity index (χ0) is 17.5. The molecule has 1 fully saturated rings. The number of piperazine rings is 1. The summed E-state index contributed by atoms with van der Waals surface area (Å²) in [7, 11) is 2.81. The monoisotopic (exact) mass is 335 g/mol. The molecule has 2 amide bonds. The molecule has 1 aliphatic rings. The van der Waals surface area contributed by atoms with Gasteiger partial charge in [0.25, 0.3) is 0 Å². The van der Waals surface area contributed by atoms with Crippen LogP contribution in [0.5, 0.6) is 5.75 Å². The lowest BCUT2D eigenvalue weighted by Crippen LogP contribution is -2.57. The van der Waals surface area contributed by atoms with Crippen molar-refractivity contribution >= 4 is 23.5 Å². The molecule has 2 N–H and O–H groups in total. The predicted octanol–water partition coefficient (Wildman–Crippen LogP) is -0.00280. The third-order valence-corrected chi connectivity index (χ3v) is 3.73. The molecule has 24 heavy (non-hydrogen) atoms. The standard InChI is InChI=1S/C16H21N3O5/c1-23-12-5-3-4-11(8-12)18-14(20)10-19-7-6-17-16(22)13(19)9-15(21)24-2/h3-5,8,13H,6-7,9-10H2,1-2H3,(H,17,22)(H,18,20)/t13-/m0/s1. The Morgan fingerprint density at radius 1 is 1.38 bits per heavy atom. The second kappa shape index (κ2) is 8.30. The van der Waals surface area contributed by atoms with E-state index in [1.807, 2.05) is 0 Å². The lowest BCUT2D eigenvalue weighted by atomic mass is 10.1. The van der Waals surface area contributed by atoms with E-state index in [0.717, 1.165) is 0 Å². The van der Waals surface area contributed by atoms with E-state index in [-0.39, 0.29) is 24.8 Å². The number of hydrogen-bond donors (Lipinski definition) is 2. The van der Waals surface area contributed by atoms with Crippen molar-refractivity contribution in [3.05, 3.63) is 24.3 Å². The van der Waals surface area contributed by atoms with E-state index in [9.17, 15) is 14.4 Å². The number of amides is 2. The summed E-state index contributed by atoms with van der Waals surface area (Å²) >= 11 is 0. The molecule has 0 spiro atoms. The molecule has 2 rings (SSSR count). The van der Waals surface area contributed by atoms with Gasteiger partial charge in [0.15, 0.2) is 0 Å². The van der Waals surface area contributed by atoms with Gasteiger partial charge in [0, 0.05) is 24.8 Å². The van der Waals surface area contributed by atoms with Gasteiger partial charge in [-0.2, -0.15) is 0 Å². The number of ether oxygens (including phenoxy) is 2. The summed E-state index contributed by atoms with van der Waals surface area (Å²) in [5.41, 5.74) is 0.602. The Kier molecular flexibility index (Phi) is 6.14. The van der Waals surface area contributed by atoms with Crippen molar-refractivity contribution in [2.45, 2.75) is 12.5 Å². The largest absolute Gasteiger partial charge is 0.497 e. The highest BCUT2D eigenvalue weighted by Crippen LogP contribution is 2.17. The van der Waals surface area contributed by atoms with Gasteiger partial charge in [0.05, 0.1) is 27.2 Å². The maximum absolute atomic E-state index is 12.2. The fourth-order valence-corrected chi connectivity index (χ4v) is 2.50. The highest BCUT2D eigenvalue weighted by molar-refractivity contribution is 5.93. The first-order chi connectivity index (χ1) is 11.5. The van der Waals surface area contributed by atoms with Gasteiger partial charge < -0.3 is 20.1 Å². The van der Waals surface area contributed by atoms with Crippen molar-refractivity contribution in [2.75, 3.05) is 39.2 Å². The smallest absolute Gasteiger partial charge is 0.307 e. The lowest BCUT2D eigenvalue weighted by molar-refractivity contribution is -0.146. The number of methoxy groups -OCH3 is 2. The van der Waals surface area contributed by atoms with E-state index in [1.165, 1.54) is 7.11 Å². The number of anilines is 1. The van der Waals surface area contributed by atoms with Gasteiger partial charge in [-0.25, -0.2) is 0 Å². The fourth-order valence-electron chi connectivity index (χ4n) is 2.50. The summed E-state index contributed by atoms with van der Waals surface area (Å²) in [6.07, 6.45) is -0.0885. The van der Waals surface area contributed by atoms with Crippen LogP contribution in [0.3, 0.4) is 0 Å².